The molecule has 0 radical (unpaired) electrons. The van der Waals surface area contributed by atoms with Gasteiger partial charge in [0.05, 0.1) is 23.9 Å². The van der Waals surface area contributed by atoms with E-state index in [0.29, 0.717) is 34.3 Å². The Balaban J connectivity index is 1.62. The second-order valence-electron chi connectivity index (χ2n) is 7.63. The number of carbonyl (C=O) groups excluding carboxylic acids is 3. The monoisotopic (exact) mass is 501 g/mol. The fourth-order valence-corrected chi connectivity index (χ4v) is 3.69. The first-order valence-electron chi connectivity index (χ1n) is 11.0. The number of barbiturate groups is 1. The highest BCUT2D eigenvalue weighted by atomic mass is 35.5. The second-order valence-corrected chi connectivity index (χ2v) is 8.07. The van der Waals surface area contributed by atoms with E-state index in [2.05, 4.69) is 11.4 Å². The summed E-state index contributed by atoms with van der Waals surface area (Å²) in [5.74, 6) is -0.737. The van der Waals surface area contributed by atoms with Gasteiger partial charge in [-0.3, -0.25) is 14.9 Å². The molecular formula is C27H20ClN3O5. The van der Waals surface area contributed by atoms with Gasteiger partial charge in [-0.15, -0.1) is 0 Å². The number of nitrogens with zero attached hydrogens (tertiary/aromatic N) is 2. The molecular weight excluding hydrogens is 482 g/mol. The fraction of sp³-hybridized carbons (Fsp3) is 0.111. The number of halogens is 1. The minimum absolute atomic E-state index is 0.156. The van der Waals surface area contributed by atoms with Crippen LogP contribution in [0.4, 0.5) is 10.5 Å². The highest BCUT2D eigenvalue weighted by molar-refractivity contribution is 6.39. The molecule has 8 nitrogen and oxygen atoms in total. The zero-order valence-corrected chi connectivity index (χ0v) is 19.9. The first kappa shape index (κ1) is 24.5. The van der Waals surface area contributed by atoms with Crippen molar-refractivity contribution in [3.05, 3.63) is 94.0 Å². The summed E-state index contributed by atoms with van der Waals surface area (Å²) in [7, 11) is 0. The molecule has 3 aromatic carbocycles. The molecule has 0 aliphatic carbocycles. The average Bonchev–Trinajstić information content (AvgIpc) is 2.87. The summed E-state index contributed by atoms with van der Waals surface area (Å²) in [4.78, 5) is 38.8. The molecule has 180 valence electrons. The standard InChI is InChI=1S/C27H20ClN3O5/c1-2-35-24-14-17(7-12-23(24)36-16-19-6-4-3-5-18(19)15-29)13-22-25(32)30-27(34)31(26(22)33)21-10-8-20(28)9-11-21/h3-14H,2,16H2,1H3,(H,30,32,34)/b22-13+. The Labute approximate surface area is 212 Å². The van der Waals surface area contributed by atoms with Gasteiger partial charge < -0.3 is 9.47 Å². The molecule has 1 N–H and O–H groups in total. The summed E-state index contributed by atoms with van der Waals surface area (Å²) in [6, 6.07) is 19.4. The Morgan fingerprint density at radius 3 is 2.47 bits per heavy atom. The summed E-state index contributed by atoms with van der Waals surface area (Å²) in [5.41, 5.74) is 1.79. The van der Waals surface area contributed by atoms with Gasteiger partial charge in [0.25, 0.3) is 11.8 Å². The molecule has 0 spiro atoms. The largest absolute Gasteiger partial charge is 0.490 e. The number of amides is 4. The van der Waals surface area contributed by atoms with E-state index in [9.17, 15) is 19.6 Å². The predicted octanol–water partition coefficient (Wildman–Crippen LogP) is 4.86. The molecule has 1 heterocycles. The molecule has 0 bridgehead atoms. The quantitative estimate of drug-likeness (QED) is 0.366. The van der Waals surface area contributed by atoms with Crippen molar-refractivity contribution >= 4 is 41.2 Å². The number of urea groups is 1. The Morgan fingerprint density at radius 1 is 1.00 bits per heavy atom. The number of nitrogens with one attached hydrogen (secondary N) is 1. The van der Waals surface area contributed by atoms with E-state index < -0.39 is 17.8 Å². The van der Waals surface area contributed by atoms with Crippen molar-refractivity contribution in [3.63, 3.8) is 0 Å². The van der Waals surface area contributed by atoms with Gasteiger partial charge in [0.15, 0.2) is 11.5 Å². The molecule has 0 aromatic heterocycles. The van der Waals surface area contributed by atoms with Gasteiger partial charge >= 0.3 is 6.03 Å². The van der Waals surface area contributed by atoms with E-state index in [1.165, 1.54) is 18.2 Å². The van der Waals surface area contributed by atoms with E-state index in [0.717, 1.165) is 10.5 Å². The zero-order valence-electron chi connectivity index (χ0n) is 19.2. The molecule has 1 aliphatic rings. The highest BCUT2D eigenvalue weighted by Crippen LogP contribution is 2.31. The van der Waals surface area contributed by atoms with Gasteiger partial charge in [0.2, 0.25) is 0 Å². The third kappa shape index (κ3) is 5.22. The number of rotatable bonds is 7. The lowest BCUT2D eigenvalue weighted by Crippen LogP contribution is -2.54. The summed E-state index contributed by atoms with van der Waals surface area (Å²) in [6.45, 7) is 2.32. The molecule has 0 saturated carbocycles. The number of carbonyl (C=O) groups is 3. The van der Waals surface area contributed by atoms with Crippen molar-refractivity contribution in [3.8, 4) is 17.6 Å². The van der Waals surface area contributed by atoms with Crippen molar-refractivity contribution in [2.75, 3.05) is 11.5 Å². The normalized spacial score (nSPS) is 14.4. The molecule has 1 saturated heterocycles. The molecule has 0 atom stereocenters. The first-order valence-corrected chi connectivity index (χ1v) is 11.3. The summed E-state index contributed by atoms with van der Waals surface area (Å²) in [5, 5.41) is 11.9. The minimum atomic E-state index is -0.846. The van der Waals surface area contributed by atoms with Crippen LogP contribution >= 0.6 is 11.6 Å². The molecule has 1 fully saturated rings. The molecule has 3 aromatic rings. The van der Waals surface area contributed by atoms with Crippen LogP contribution in [0.1, 0.15) is 23.6 Å². The summed E-state index contributed by atoms with van der Waals surface area (Å²) < 4.78 is 11.6. The van der Waals surface area contributed by atoms with E-state index >= 15 is 0 Å². The van der Waals surface area contributed by atoms with Crippen LogP contribution in [0, 0.1) is 11.3 Å². The third-order valence-electron chi connectivity index (χ3n) is 5.29. The highest BCUT2D eigenvalue weighted by Gasteiger charge is 2.36. The molecule has 0 unspecified atom stereocenters. The molecule has 9 heteroatoms. The van der Waals surface area contributed by atoms with Crippen LogP contribution in [0.25, 0.3) is 6.08 Å². The van der Waals surface area contributed by atoms with Crippen molar-refractivity contribution in [1.82, 2.24) is 5.32 Å². The predicted molar refractivity (Wildman–Crippen MR) is 134 cm³/mol. The van der Waals surface area contributed by atoms with Crippen LogP contribution < -0.4 is 19.7 Å². The lowest BCUT2D eigenvalue weighted by molar-refractivity contribution is -0.122. The molecule has 4 amide bonds. The van der Waals surface area contributed by atoms with Gasteiger partial charge in [0.1, 0.15) is 12.2 Å². The molecule has 4 rings (SSSR count). The number of ether oxygens (including phenoxy) is 2. The number of hydrogen-bond acceptors (Lipinski definition) is 6. The maximum Gasteiger partial charge on any atom is 0.335 e. The zero-order chi connectivity index (χ0) is 25.7. The Bertz CT molecular complexity index is 1410. The topological polar surface area (TPSA) is 109 Å². The summed E-state index contributed by atoms with van der Waals surface area (Å²) in [6.07, 6.45) is 1.38. The number of nitriles is 1. The molecule has 1 aliphatic heterocycles. The van der Waals surface area contributed by atoms with Gasteiger partial charge in [-0.2, -0.15) is 5.26 Å². The number of imide groups is 2. The van der Waals surface area contributed by atoms with Crippen LogP contribution in [-0.4, -0.2) is 24.5 Å². The van der Waals surface area contributed by atoms with Crippen molar-refractivity contribution < 1.29 is 23.9 Å². The number of benzene rings is 3. The van der Waals surface area contributed by atoms with Crippen LogP contribution in [0.5, 0.6) is 11.5 Å². The molecule has 36 heavy (non-hydrogen) atoms. The van der Waals surface area contributed by atoms with E-state index in [1.807, 2.05) is 13.0 Å². The van der Waals surface area contributed by atoms with Gasteiger partial charge in [-0.1, -0.05) is 35.9 Å². The third-order valence-corrected chi connectivity index (χ3v) is 5.54. The van der Waals surface area contributed by atoms with E-state index in [-0.39, 0.29) is 17.9 Å². The van der Waals surface area contributed by atoms with Crippen LogP contribution in [0.2, 0.25) is 5.02 Å². The number of hydrogen-bond donors (Lipinski definition) is 1. The summed E-state index contributed by atoms with van der Waals surface area (Å²) >= 11 is 5.90. The average molecular weight is 502 g/mol. The van der Waals surface area contributed by atoms with Gasteiger partial charge in [0, 0.05) is 10.6 Å². The lowest BCUT2D eigenvalue weighted by Gasteiger charge is -2.26. The maximum atomic E-state index is 13.1. The minimum Gasteiger partial charge on any atom is -0.490 e. The lowest BCUT2D eigenvalue weighted by atomic mass is 10.1. The van der Waals surface area contributed by atoms with Crippen molar-refractivity contribution in [1.29, 1.82) is 5.26 Å². The van der Waals surface area contributed by atoms with Crippen molar-refractivity contribution in [2.24, 2.45) is 0 Å². The second kappa shape index (κ2) is 10.8. The number of anilines is 1. The van der Waals surface area contributed by atoms with Gasteiger partial charge in [-0.05, 0) is 61.0 Å². The van der Waals surface area contributed by atoms with Crippen LogP contribution in [0.15, 0.2) is 72.3 Å². The fourth-order valence-electron chi connectivity index (χ4n) is 3.56. The van der Waals surface area contributed by atoms with E-state index in [1.54, 1.807) is 48.5 Å². The Morgan fingerprint density at radius 2 is 1.75 bits per heavy atom. The van der Waals surface area contributed by atoms with Crippen LogP contribution in [-0.2, 0) is 16.2 Å². The van der Waals surface area contributed by atoms with Crippen LogP contribution in [0.3, 0.4) is 0 Å². The van der Waals surface area contributed by atoms with E-state index in [4.69, 9.17) is 21.1 Å². The maximum absolute atomic E-state index is 13.1. The Hall–Kier alpha value is -4.61. The van der Waals surface area contributed by atoms with Gasteiger partial charge in [-0.25, -0.2) is 9.69 Å². The SMILES string of the molecule is CCOc1cc(/C=C2\C(=O)NC(=O)N(c3ccc(Cl)cc3)C2=O)ccc1OCc1ccccc1C#N. The first-order chi connectivity index (χ1) is 17.4. The van der Waals surface area contributed by atoms with Crippen molar-refractivity contribution in [2.45, 2.75) is 13.5 Å². The smallest absolute Gasteiger partial charge is 0.335 e. The Kier molecular flexibility index (Phi) is 7.33.